The molecule has 148 valence electrons. The second-order valence-electron chi connectivity index (χ2n) is 7.68. The number of hydrogen-bond acceptors (Lipinski definition) is 5. The molecule has 2 aliphatic rings. The lowest BCUT2D eigenvalue weighted by atomic mass is 10.0. The zero-order valence-electron chi connectivity index (χ0n) is 16.0. The quantitative estimate of drug-likeness (QED) is 0.678. The van der Waals surface area contributed by atoms with E-state index in [1.54, 1.807) is 4.90 Å². The second kappa shape index (κ2) is 8.78. The van der Waals surface area contributed by atoms with Gasteiger partial charge in [0.25, 0.3) is 5.91 Å². The number of halogens is 1. The SMILES string of the molecule is CC(=O)CN1CCC(F)(C(=O)NCCCCc2ccc3c(n2)NCCC3)C1. The van der Waals surface area contributed by atoms with E-state index in [-0.39, 0.29) is 25.3 Å². The first-order valence-corrected chi connectivity index (χ1v) is 9.88. The van der Waals surface area contributed by atoms with Gasteiger partial charge in [-0.25, -0.2) is 9.37 Å². The molecule has 1 aromatic heterocycles. The number of nitrogens with zero attached hydrogens (tertiary/aromatic N) is 2. The molecule has 2 aliphatic heterocycles. The molecule has 0 spiro atoms. The highest BCUT2D eigenvalue weighted by Crippen LogP contribution is 2.26. The minimum absolute atomic E-state index is 0.00442. The molecule has 27 heavy (non-hydrogen) atoms. The Hall–Kier alpha value is -2.02. The van der Waals surface area contributed by atoms with Crippen LogP contribution in [0.25, 0.3) is 0 Å². The number of aromatic nitrogens is 1. The first-order chi connectivity index (χ1) is 13.0. The first-order valence-electron chi connectivity index (χ1n) is 9.88. The smallest absolute Gasteiger partial charge is 0.259 e. The van der Waals surface area contributed by atoms with Gasteiger partial charge in [-0.15, -0.1) is 0 Å². The van der Waals surface area contributed by atoms with Gasteiger partial charge in [-0.05, 0) is 50.7 Å². The number of pyridine rings is 1. The van der Waals surface area contributed by atoms with Crippen LogP contribution in [0.3, 0.4) is 0 Å². The highest BCUT2D eigenvalue weighted by atomic mass is 19.1. The molecule has 0 bridgehead atoms. The van der Waals surface area contributed by atoms with Gasteiger partial charge in [0.2, 0.25) is 5.67 Å². The highest BCUT2D eigenvalue weighted by Gasteiger charge is 2.44. The van der Waals surface area contributed by atoms with E-state index in [9.17, 15) is 14.0 Å². The molecule has 1 atom stereocenters. The summed E-state index contributed by atoms with van der Waals surface area (Å²) in [5.74, 6) is 0.443. The van der Waals surface area contributed by atoms with Crippen molar-refractivity contribution in [1.82, 2.24) is 15.2 Å². The Bertz CT molecular complexity index is 697. The fourth-order valence-electron chi connectivity index (χ4n) is 3.78. The molecule has 0 aliphatic carbocycles. The number of alkyl halides is 1. The molecule has 1 amide bonds. The minimum Gasteiger partial charge on any atom is -0.370 e. The number of amides is 1. The van der Waals surface area contributed by atoms with Crippen LogP contribution in [0.15, 0.2) is 12.1 Å². The number of anilines is 1. The third-order valence-corrected chi connectivity index (χ3v) is 5.25. The largest absolute Gasteiger partial charge is 0.370 e. The maximum atomic E-state index is 14.8. The number of Topliss-reactive ketones (excluding diaryl/α,β-unsaturated/α-hetero) is 1. The van der Waals surface area contributed by atoms with E-state index in [4.69, 9.17) is 0 Å². The molecule has 1 saturated heterocycles. The number of aryl methyl sites for hydroxylation is 2. The Morgan fingerprint density at radius 2 is 2.22 bits per heavy atom. The van der Waals surface area contributed by atoms with Crippen molar-refractivity contribution in [3.63, 3.8) is 0 Å². The molecule has 3 heterocycles. The van der Waals surface area contributed by atoms with Gasteiger partial charge < -0.3 is 10.6 Å². The monoisotopic (exact) mass is 376 g/mol. The summed E-state index contributed by atoms with van der Waals surface area (Å²) in [6.45, 7) is 3.57. The molecule has 6 nitrogen and oxygen atoms in total. The van der Waals surface area contributed by atoms with Crippen LogP contribution in [0.2, 0.25) is 0 Å². The number of nitrogens with one attached hydrogen (secondary N) is 2. The summed E-state index contributed by atoms with van der Waals surface area (Å²) in [7, 11) is 0. The number of fused-ring (bicyclic) bond motifs is 1. The first kappa shape index (κ1) is 19.7. The van der Waals surface area contributed by atoms with Gasteiger partial charge >= 0.3 is 0 Å². The molecule has 7 heteroatoms. The summed E-state index contributed by atoms with van der Waals surface area (Å²) in [6, 6.07) is 4.22. The van der Waals surface area contributed by atoms with E-state index in [1.807, 2.05) is 0 Å². The van der Waals surface area contributed by atoms with E-state index in [1.165, 1.54) is 12.5 Å². The zero-order valence-corrected chi connectivity index (χ0v) is 16.0. The standard InChI is InChI=1S/C20H29FN4O2/c1-15(26)13-25-12-9-20(21,14-25)19(27)23-10-3-2-6-17-8-7-16-5-4-11-22-18(16)24-17/h7-8H,2-6,9-14H2,1H3,(H,22,24)(H,23,27). The van der Waals surface area contributed by atoms with Crippen LogP contribution in [0.1, 0.15) is 43.9 Å². The summed E-state index contributed by atoms with van der Waals surface area (Å²) in [5.41, 5.74) is 0.453. The number of ketones is 1. The average Bonchev–Trinajstić information content (AvgIpc) is 3.02. The van der Waals surface area contributed by atoms with E-state index in [0.717, 1.165) is 50.2 Å². The second-order valence-corrected chi connectivity index (χ2v) is 7.68. The van der Waals surface area contributed by atoms with Crippen molar-refractivity contribution in [3.8, 4) is 0 Å². The third kappa shape index (κ3) is 5.25. The third-order valence-electron chi connectivity index (χ3n) is 5.25. The summed E-state index contributed by atoms with van der Waals surface area (Å²) in [6.07, 6.45) is 4.90. The lowest BCUT2D eigenvalue weighted by Gasteiger charge is -2.20. The molecular weight excluding hydrogens is 347 g/mol. The van der Waals surface area contributed by atoms with Crippen molar-refractivity contribution < 1.29 is 14.0 Å². The molecular formula is C20H29FN4O2. The fraction of sp³-hybridized carbons (Fsp3) is 0.650. The van der Waals surface area contributed by atoms with Gasteiger partial charge in [-0.2, -0.15) is 0 Å². The van der Waals surface area contributed by atoms with Crippen LogP contribution < -0.4 is 10.6 Å². The Kier molecular flexibility index (Phi) is 6.42. The number of unbranched alkanes of at least 4 members (excludes halogenated alkanes) is 1. The van der Waals surface area contributed by atoms with Crippen LogP contribution in [0, 0.1) is 0 Å². The molecule has 0 aromatic carbocycles. The van der Waals surface area contributed by atoms with Crippen molar-refractivity contribution in [2.45, 2.75) is 51.1 Å². The number of rotatable bonds is 8. The van der Waals surface area contributed by atoms with E-state index in [0.29, 0.717) is 13.1 Å². The van der Waals surface area contributed by atoms with Gasteiger partial charge in [0.15, 0.2) is 0 Å². The Labute approximate surface area is 159 Å². The average molecular weight is 376 g/mol. The molecule has 0 saturated carbocycles. The minimum atomic E-state index is -1.87. The predicted octanol–water partition coefficient (Wildman–Crippen LogP) is 1.88. The number of hydrogen-bond donors (Lipinski definition) is 2. The van der Waals surface area contributed by atoms with Gasteiger partial charge in [0.1, 0.15) is 11.6 Å². The van der Waals surface area contributed by atoms with Gasteiger partial charge in [-0.1, -0.05) is 6.07 Å². The number of carbonyl (C=O) groups excluding carboxylic acids is 2. The topological polar surface area (TPSA) is 74.3 Å². The summed E-state index contributed by atoms with van der Waals surface area (Å²) < 4.78 is 14.8. The number of likely N-dealkylation sites (tertiary alicyclic amines) is 1. The van der Waals surface area contributed by atoms with Crippen molar-refractivity contribution >= 4 is 17.5 Å². The zero-order chi connectivity index (χ0) is 19.3. The maximum absolute atomic E-state index is 14.8. The molecule has 2 N–H and O–H groups in total. The Balaban J connectivity index is 1.36. The van der Waals surface area contributed by atoms with E-state index >= 15 is 0 Å². The van der Waals surface area contributed by atoms with Crippen LogP contribution in [0.4, 0.5) is 10.2 Å². The van der Waals surface area contributed by atoms with Gasteiger partial charge in [0, 0.05) is 38.3 Å². The lowest BCUT2D eigenvalue weighted by molar-refractivity contribution is -0.132. The predicted molar refractivity (Wildman–Crippen MR) is 103 cm³/mol. The van der Waals surface area contributed by atoms with Gasteiger partial charge in [-0.3, -0.25) is 14.5 Å². The Morgan fingerprint density at radius 3 is 3.04 bits per heavy atom. The van der Waals surface area contributed by atoms with Crippen molar-refractivity contribution in [3.05, 3.63) is 23.4 Å². The van der Waals surface area contributed by atoms with Crippen LogP contribution in [-0.2, 0) is 22.4 Å². The lowest BCUT2D eigenvalue weighted by Crippen LogP contribution is -2.46. The fourth-order valence-corrected chi connectivity index (χ4v) is 3.78. The summed E-state index contributed by atoms with van der Waals surface area (Å²) in [5, 5.41) is 6.05. The van der Waals surface area contributed by atoms with E-state index in [2.05, 4.69) is 27.8 Å². The normalized spacial score (nSPS) is 22.1. The van der Waals surface area contributed by atoms with Crippen molar-refractivity contribution in [2.75, 3.05) is 38.0 Å². The molecule has 3 rings (SSSR count). The van der Waals surface area contributed by atoms with Crippen LogP contribution >= 0.6 is 0 Å². The molecule has 1 aromatic rings. The molecule has 1 unspecified atom stereocenters. The van der Waals surface area contributed by atoms with E-state index < -0.39 is 11.6 Å². The van der Waals surface area contributed by atoms with Crippen LogP contribution in [0.5, 0.6) is 0 Å². The summed E-state index contributed by atoms with van der Waals surface area (Å²) in [4.78, 5) is 29.7. The number of carbonyl (C=O) groups is 2. The molecule has 0 radical (unpaired) electrons. The highest BCUT2D eigenvalue weighted by molar-refractivity contribution is 5.86. The summed E-state index contributed by atoms with van der Waals surface area (Å²) >= 11 is 0. The Morgan fingerprint density at radius 1 is 1.37 bits per heavy atom. The van der Waals surface area contributed by atoms with Crippen molar-refractivity contribution in [1.29, 1.82) is 0 Å². The molecule has 1 fully saturated rings. The van der Waals surface area contributed by atoms with Crippen molar-refractivity contribution in [2.24, 2.45) is 0 Å². The van der Waals surface area contributed by atoms with Gasteiger partial charge in [0.05, 0.1) is 6.54 Å². The maximum Gasteiger partial charge on any atom is 0.259 e. The van der Waals surface area contributed by atoms with Crippen LogP contribution in [-0.4, -0.2) is 60.0 Å².